The Morgan fingerprint density at radius 1 is 1.42 bits per heavy atom. The van der Waals surface area contributed by atoms with Crippen molar-refractivity contribution < 1.29 is 4.79 Å². The fourth-order valence-electron chi connectivity index (χ4n) is 1.84. The highest BCUT2D eigenvalue weighted by Crippen LogP contribution is 2.27. The first-order valence-electron chi connectivity index (χ1n) is 5.60. The van der Waals surface area contributed by atoms with Crippen LogP contribution in [0, 0.1) is 0 Å². The number of nitrogens with zero attached hydrogens (tertiary/aromatic N) is 1. The zero-order valence-electron chi connectivity index (χ0n) is 10.4. The number of anilines is 2. The second-order valence-electron chi connectivity index (χ2n) is 4.25. The van der Waals surface area contributed by atoms with Gasteiger partial charge in [-0.1, -0.05) is 0 Å². The molecule has 0 spiro atoms. The minimum atomic E-state index is -0.470. The first kappa shape index (κ1) is 13.9. The molecule has 0 saturated carbocycles. The van der Waals surface area contributed by atoms with E-state index in [1.165, 1.54) is 5.56 Å². The van der Waals surface area contributed by atoms with Crippen LogP contribution in [0.25, 0.3) is 0 Å². The molecule has 4 nitrogen and oxygen atoms in total. The number of nitrogens with two attached hydrogens (primary N) is 2. The van der Waals surface area contributed by atoms with Crippen molar-refractivity contribution in [3.8, 4) is 0 Å². The summed E-state index contributed by atoms with van der Waals surface area (Å²) in [6.45, 7) is 0.752. The Labute approximate surface area is 124 Å². The largest absolute Gasteiger partial charge is 0.397 e. The lowest BCUT2D eigenvalue weighted by Gasteiger charge is -2.20. The van der Waals surface area contributed by atoms with Crippen molar-refractivity contribution >= 4 is 44.5 Å². The van der Waals surface area contributed by atoms with Crippen LogP contribution >= 0.6 is 27.3 Å². The van der Waals surface area contributed by atoms with Gasteiger partial charge in [-0.05, 0) is 51.1 Å². The minimum Gasteiger partial charge on any atom is -0.397 e. The monoisotopic (exact) mass is 339 g/mol. The molecule has 1 aromatic carbocycles. The van der Waals surface area contributed by atoms with Gasteiger partial charge in [-0.15, -0.1) is 11.3 Å². The first-order chi connectivity index (χ1) is 8.97. The van der Waals surface area contributed by atoms with E-state index in [0.29, 0.717) is 11.3 Å². The predicted octanol–water partition coefficient (Wildman–Crippen LogP) is 2.83. The number of carbonyl (C=O) groups is 1. The van der Waals surface area contributed by atoms with Crippen LogP contribution in [0.5, 0.6) is 0 Å². The Bertz CT molecular complexity index is 612. The van der Waals surface area contributed by atoms with E-state index >= 15 is 0 Å². The molecule has 0 fully saturated rings. The summed E-state index contributed by atoms with van der Waals surface area (Å²) in [7, 11) is 1.96. The van der Waals surface area contributed by atoms with Crippen LogP contribution in [-0.2, 0) is 6.54 Å². The molecule has 0 bridgehead atoms. The van der Waals surface area contributed by atoms with Crippen molar-refractivity contribution in [1.82, 2.24) is 0 Å². The van der Waals surface area contributed by atoms with Gasteiger partial charge in [0.05, 0.1) is 15.2 Å². The molecular formula is C13H14BrN3OS. The molecule has 1 heterocycles. The highest BCUT2D eigenvalue weighted by Gasteiger charge is 2.09. The molecule has 1 amide bonds. The average molecular weight is 340 g/mol. The fraction of sp³-hybridized carbons (Fsp3) is 0.154. The fourth-order valence-corrected chi connectivity index (χ4v) is 3.04. The number of primary amides is 1. The maximum Gasteiger partial charge on any atom is 0.248 e. The maximum absolute atomic E-state index is 11.1. The second-order valence-corrected chi connectivity index (χ2v) is 6.54. The van der Waals surface area contributed by atoms with Gasteiger partial charge in [0.2, 0.25) is 5.91 Å². The molecule has 0 radical (unpaired) electrons. The summed E-state index contributed by atoms with van der Waals surface area (Å²) in [6, 6.07) is 7.19. The number of nitrogen functional groups attached to an aromatic ring is 1. The Morgan fingerprint density at radius 3 is 2.68 bits per heavy atom. The molecule has 0 aliphatic carbocycles. The molecule has 0 aliphatic heterocycles. The van der Waals surface area contributed by atoms with Gasteiger partial charge in [0.15, 0.2) is 0 Å². The standard InChI is InChI=1S/C13H14BrN3OS/c1-17(6-8-4-12(14)19-7-8)11-3-2-9(13(16)18)5-10(11)15/h2-5,7H,6,15H2,1H3,(H2,16,18). The van der Waals surface area contributed by atoms with E-state index in [1.807, 2.05) is 18.0 Å². The summed E-state index contributed by atoms with van der Waals surface area (Å²) < 4.78 is 1.10. The Morgan fingerprint density at radius 2 is 2.16 bits per heavy atom. The van der Waals surface area contributed by atoms with E-state index in [2.05, 4.69) is 27.4 Å². The normalized spacial score (nSPS) is 10.4. The first-order valence-corrected chi connectivity index (χ1v) is 7.28. The van der Waals surface area contributed by atoms with E-state index < -0.39 is 5.91 Å². The number of hydrogen-bond donors (Lipinski definition) is 2. The zero-order valence-corrected chi connectivity index (χ0v) is 12.8. The van der Waals surface area contributed by atoms with Gasteiger partial charge in [0.25, 0.3) is 0 Å². The number of halogens is 1. The minimum absolute atomic E-state index is 0.424. The van der Waals surface area contributed by atoms with Crippen molar-refractivity contribution in [3.05, 3.63) is 44.6 Å². The predicted molar refractivity (Wildman–Crippen MR) is 83.5 cm³/mol. The van der Waals surface area contributed by atoms with Crippen LogP contribution in [0.4, 0.5) is 11.4 Å². The smallest absolute Gasteiger partial charge is 0.248 e. The van der Waals surface area contributed by atoms with Crippen LogP contribution in [0.2, 0.25) is 0 Å². The summed E-state index contributed by atoms with van der Waals surface area (Å²) >= 11 is 5.09. The lowest BCUT2D eigenvalue weighted by atomic mass is 10.1. The van der Waals surface area contributed by atoms with E-state index in [1.54, 1.807) is 23.5 Å². The number of rotatable bonds is 4. The molecule has 2 aromatic rings. The third kappa shape index (κ3) is 3.27. The number of carbonyl (C=O) groups excluding carboxylic acids is 1. The molecule has 4 N–H and O–H groups in total. The summed E-state index contributed by atoms with van der Waals surface area (Å²) in [4.78, 5) is 13.1. The quantitative estimate of drug-likeness (QED) is 0.841. The van der Waals surface area contributed by atoms with Gasteiger partial charge < -0.3 is 16.4 Å². The lowest BCUT2D eigenvalue weighted by molar-refractivity contribution is 0.100. The molecule has 0 saturated heterocycles. The number of benzene rings is 1. The molecule has 1 aromatic heterocycles. The molecule has 0 atom stereocenters. The highest BCUT2D eigenvalue weighted by molar-refractivity contribution is 9.11. The van der Waals surface area contributed by atoms with Crippen molar-refractivity contribution in [2.24, 2.45) is 5.73 Å². The van der Waals surface area contributed by atoms with E-state index in [4.69, 9.17) is 11.5 Å². The topological polar surface area (TPSA) is 72.3 Å². The van der Waals surface area contributed by atoms with Crippen molar-refractivity contribution in [3.63, 3.8) is 0 Å². The average Bonchev–Trinajstić information content (AvgIpc) is 2.74. The molecule has 100 valence electrons. The molecule has 0 unspecified atom stereocenters. The van der Waals surface area contributed by atoms with Gasteiger partial charge in [0.1, 0.15) is 0 Å². The summed E-state index contributed by atoms with van der Waals surface area (Å²) in [6.07, 6.45) is 0. The van der Waals surface area contributed by atoms with E-state index in [-0.39, 0.29) is 0 Å². The van der Waals surface area contributed by atoms with E-state index in [9.17, 15) is 4.79 Å². The van der Waals surface area contributed by atoms with Crippen molar-refractivity contribution in [2.45, 2.75) is 6.54 Å². The second kappa shape index (κ2) is 5.63. The van der Waals surface area contributed by atoms with Crippen LogP contribution in [0.3, 0.4) is 0 Å². The van der Waals surface area contributed by atoms with E-state index in [0.717, 1.165) is 16.0 Å². The molecule has 0 aliphatic rings. The molecule has 19 heavy (non-hydrogen) atoms. The number of hydrogen-bond acceptors (Lipinski definition) is 4. The summed E-state index contributed by atoms with van der Waals surface area (Å²) in [5.41, 5.74) is 14.2. The highest BCUT2D eigenvalue weighted by atomic mass is 79.9. The Kier molecular flexibility index (Phi) is 4.11. The van der Waals surface area contributed by atoms with Crippen LogP contribution in [-0.4, -0.2) is 13.0 Å². The maximum atomic E-state index is 11.1. The Balaban J connectivity index is 2.19. The lowest BCUT2D eigenvalue weighted by Crippen LogP contribution is -2.18. The van der Waals surface area contributed by atoms with Gasteiger partial charge in [-0.25, -0.2) is 0 Å². The molecular weight excluding hydrogens is 326 g/mol. The van der Waals surface area contributed by atoms with Gasteiger partial charge in [-0.2, -0.15) is 0 Å². The van der Waals surface area contributed by atoms with Gasteiger partial charge >= 0.3 is 0 Å². The van der Waals surface area contributed by atoms with Crippen LogP contribution in [0.1, 0.15) is 15.9 Å². The third-order valence-corrected chi connectivity index (χ3v) is 4.32. The molecule has 2 rings (SSSR count). The van der Waals surface area contributed by atoms with Gasteiger partial charge in [-0.3, -0.25) is 4.79 Å². The SMILES string of the molecule is CN(Cc1csc(Br)c1)c1ccc(C(N)=O)cc1N. The summed E-state index contributed by atoms with van der Waals surface area (Å²) in [5.74, 6) is -0.470. The van der Waals surface area contributed by atoms with Crippen molar-refractivity contribution in [1.29, 1.82) is 0 Å². The molecule has 6 heteroatoms. The van der Waals surface area contributed by atoms with Crippen LogP contribution in [0.15, 0.2) is 33.4 Å². The summed E-state index contributed by atoms with van der Waals surface area (Å²) in [5, 5.41) is 2.09. The Hall–Kier alpha value is -1.53. The van der Waals surface area contributed by atoms with Crippen molar-refractivity contribution in [2.75, 3.05) is 17.7 Å². The van der Waals surface area contributed by atoms with Gasteiger partial charge in [0, 0.05) is 19.2 Å². The number of thiophene rings is 1. The number of amides is 1. The third-order valence-electron chi connectivity index (χ3n) is 2.76. The zero-order chi connectivity index (χ0) is 14.0. The van der Waals surface area contributed by atoms with Crippen LogP contribution < -0.4 is 16.4 Å².